The lowest BCUT2D eigenvalue weighted by molar-refractivity contribution is -0.299. The fourth-order valence-electron chi connectivity index (χ4n) is 9.85. The molecule has 22 heteroatoms. The number of azide groups is 1. The Balaban J connectivity index is 1.08. The summed E-state index contributed by atoms with van der Waals surface area (Å²) in [5, 5.41) is 18.7. The van der Waals surface area contributed by atoms with Crippen LogP contribution >= 0.6 is 7.82 Å². The lowest BCUT2D eigenvalue weighted by Gasteiger charge is -2.48. The standard InChI is InChI=1S/C59H69N4O16PSi/c1-7-30-69-58(66)77-54-50(61-57(65)72-35-46-44-28-18-16-26-42(44)43-27-17-19-29-45(43)46)55(75-47(36-68-31-38-20-10-8-11-21-38)53(54)78-80(67)73-33-40-24-14-15-25-41(40)34-74-80)71-37-48-52(70-32-39-22-12-9-13-23-39)51(64)49(62-63-60)56(76-48)79-81(5,6)59(2,3)4/h7-29,46-56,64H,1,30-37H2,2-6H3,(H,61,65)/t47?,48?,49?,50?,51-,52+,53+,54-,55-,56?/m1/s1. The highest BCUT2D eigenvalue weighted by Crippen LogP contribution is 2.55. The molecule has 0 spiro atoms. The number of phosphoric ester groups is 1. The van der Waals surface area contributed by atoms with E-state index in [0.29, 0.717) is 11.1 Å². The number of ether oxygens (including phenoxy) is 8. The first-order valence-corrected chi connectivity index (χ1v) is 31.2. The van der Waals surface area contributed by atoms with Crippen molar-refractivity contribution in [3.8, 4) is 11.1 Å². The second kappa shape index (κ2) is 26.8. The van der Waals surface area contributed by atoms with E-state index in [4.69, 9.17) is 55.9 Å². The van der Waals surface area contributed by atoms with E-state index in [9.17, 15) is 24.8 Å². The Morgan fingerprint density at radius 2 is 1.32 bits per heavy atom. The molecule has 0 bridgehead atoms. The number of phosphoric acid groups is 1. The molecule has 0 saturated carbocycles. The van der Waals surface area contributed by atoms with Crippen LogP contribution in [0.2, 0.25) is 18.1 Å². The minimum atomic E-state index is -4.62. The molecular weight excluding hydrogens is 1080 g/mol. The summed E-state index contributed by atoms with van der Waals surface area (Å²) in [5.74, 6) is -0.349. The average molecular weight is 1150 g/mol. The summed E-state index contributed by atoms with van der Waals surface area (Å²) < 4.78 is 90.6. The van der Waals surface area contributed by atoms with Crippen LogP contribution in [-0.4, -0.2) is 113 Å². The van der Waals surface area contributed by atoms with Gasteiger partial charge in [-0.15, -0.1) is 0 Å². The molecule has 20 nitrogen and oxygen atoms in total. The summed E-state index contributed by atoms with van der Waals surface area (Å²) >= 11 is 0. The quantitative estimate of drug-likeness (QED) is 0.0132. The number of alkyl carbamates (subject to hydrolysis) is 1. The van der Waals surface area contributed by atoms with Gasteiger partial charge in [0.15, 0.2) is 27.0 Å². The Hall–Kier alpha value is -6.26. The summed E-state index contributed by atoms with van der Waals surface area (Å²) in [6, 6.07) is 38.7. The highest BCUT2D eigenvalue weighted by atomic mass is 31.2. The molecule has 430 valence electrons. The Kier molecular flexibility index (Phi) is 19.6. The molecule has 3 aliphatic heterocycles. The number of nitrogens with zero attached hydrogens (tertiary/aromatic N) is 3. The molecule has 5 unspecified atom stereocenters. The highest BCUT2D eigenvalue weighted by molar-refractivity contribution is 7.48. The highest BCUT2D eigenvalue weighted by Gasteiger charge is 2.56. The van der Waals surface area contributed by atoms with Crippen LogP contribution in [0.3, 0.4) is 0 Å². The number of nitrogens with one attached hydrogen (secondary N) is 1. The minimum Gasteiger partial charge on any atom is -0.449 e. The Morgan fingerprint density at radius 1 is 0.753 bits per heavy atom. The van der Waals surface area contributed by atoms with Gasteiger partial charge in [-0.05, 0) is 68.2 Å². The van der Waals surface area contributed by atoms with Crippen LogP contribution in [0.15, 0.2) is 151 Å². The number of carbonyl (C=O) groups is 2. The zero-order chi connectivity index (χ0) is 57.2. The molecule has 0 radical (unpaired) electrons. The Labute approximate surface area is 472 Å². The smallest absolute Gasteiger partial charge is 0.449 e. The first-order chi connectivity index (χ1) is 39.0. The third kappa shape index (κ3) is 14.5. The molecule has 5 aromatic rings. The van der Waals surface area contributed by atoms with Gasteiger partial charge >= 0.3 is 20.1 Å². The zero-order valence-corrected chi connectivity index (χ0v) is 47.7. The van der Waals surface area contributed by atoms with Crippen LogP contribution < -0.4 is 5.32 Å². The van der Waals surface area contributed by atoms with E-state index in [1.165, 1.54) is 6.08 Å². The number of hydrogen-bond donors (Lipinski definition) is 2. The van der Waals surface area contributed by atoms with Gasteiger partial charge in [0, 0.05) is 10.8 Å². The van der Waals surface area contributed by atoms with Crippen molar-refractivity contribution in [2.75, 3.05) is 26.4 Å². The monoisotopic (exact) mass is 1150 g/mol. The first-order valence-electron chi connectivity index (χ1n) is 26.8. The van der Waals surface area contributed by atoms with Gasteiger partial charge < -0.3 is 52.7 Å². The maximum atomic E-state index is 14.9. The van der Waals surface area contributed by atoms with Crippen molar-refractivity contribution >= 4 is 28.4 Å². The van der Waals surface area contributed by atoms with Crippen molar-refractivity contribution in [1.82, 2.24) is 5.32 Å². The van der Waals surface area contributed by atoms with Crippen molar-refractivity contribution in [1.29, 1.82) is 0 Å². The lowest BCUT2D eigenvalue weighted by atomic mass is 9.96. The van der Waals surface area contributed by atoms with Gasteiger partial charge in [-0.3, -0.25) is 13.6 Å². The largest absolute Gasteiger partial charge is 0.509 e. The van der Waals surface area contributed by atoms with Gasteiger partial charge in [0.1, 0.15) is 49.7 Å². The van der Waals surface area contributed by atoms with Gasteiger partial charge in [-0.25, -0.2) is 14.2 Å². The SMILES string of the molecule is C=CCOC(=O)O[C@@H]1C(NC(=O)OCC2c3ccccc3-c3ccccc32)[C@H](OCC2OC(O[Si](C)(C)C(C)(C)C)C(N=[N+]=[N-])[C@@H](O)[C@H]2OCc2ccccc2)OC(COCc2ccccc2)[C@@H]1OP1(=O)OCc2ccccc2CO1. The second-order valence-electron chi connectivity index (χ2n) is 21.5. The summed E-state index contributed by atoms with van der Waals surface area (Å²) in [6.07, 6.45) is -12.4. The van der Waals surface area contributed by atoms with Gasteiger partial charge in [-0.1, -0.05) is 172 Å². The van der Waals surface area contributed by atoms with Crippen LogP contribution in [0.25, 0.3) is 21.6 Å². The third-order valence-corrected chi connectivity index (χ3v) is 20.9. The van der Waals surface area contributed by atoms with Crippen molar-refractivity contribution in [2.24, 2.45) is 5.11 Å². The van der Waals surface area contributed by atoms with E-state index >= 15 is 0 Å². The van der Waals surface area contributed by atoms with E-state index in [1.54, 1.807) is 12.1 Å². The van der Waals surface area contributed by atoms with E-state index < -0.39 is 96.3 Å². The molecule has 81 heavy (non-hydrogen) atoms. The normalized spacial score (nSPS) is 25.2. The summed E-state index contributed by atoms with van der Waals surface area (Å²) in [4.78, 5) is 31.6. The summed E-state index contributed by atoms with van der Waals surface area (Å²) in [5.41, 5.74) is 16.7. The van der Waals surface area contributed by atoms with Gasteiger partial charge in [0.25, 0.3) is 0 Å². The molecule has 1 amide bonds. The Bertz CT molecular complexity index is 2960. The van der Waals surface area contributed by atoms with E-state index in [2.05, 4.69) is 21.9 Å². The first kappa shape index (κ1) is 59.4. The minimum absolute atomic E-state index is 0.00290. The Morgan fingerprint density at radius 3 is 1.93 bits per heavy atom. The van der Waals surface area contributed by atoms with Gasteiger partial charge in [0.05, 0.1) is 45.7 Å². The number of aliphatic hydroxyl groups is 1. The van der Waals surface area contributed by atoms with Crippen molar-refractivity contribution in [3.63, 3.8) is 0 Å². The topological polar surface area (TPSA) is 243 Å². The molecule has 2 saturated heterocycles. The molecule has 9 rings (SSSR count). The predicted molar refractivity (Wildman–Crippen MR) is 299 cm³/mol. The van der Waals surface area contributed by atoms with Crippen LogP contribution in [0.1, 0.15) is 60.1 Å². The van der Waals surface area contributed by atoms with Gasteiger partial charge in [-0.2, -0.15) is 0 Å². The molecule has 2 N–H and O–H groups in total. The maximum absolute atomic E-state index is 14.9. The molecule has 0 aromatic heterocycles. The number of aliphatic hydroxyl groups excluding tert-OH is 1. The number of carbonyl (C=O) groups excluding carboxylic acids is 2. The second-order valence-corrected chi connectivity index (χ2v) is 27.9. The number of benzene rings is 5. The number of fused-ring (bicyclic) bond motifs is 4. The van der Waals surface area contributed by atoms with Crippen molar-refractivity contribution in [2.45, 2.75) is 133 Å². The van der Waals surface area contributed by atoms with Crippen LogP contribution in [0.5, 0.6) is 0 Å². The molecule has 5 aromatic carbocycles. The molecule has 4 aliphatic rings. The van der Waals surface area contributed by atoms with Crippen LogP contribution in [-0.2, 0) is 86.9 Å². The average Bonchev–Trinajstić information content (AvgIpc) is 3.73. The van der Waals surface area contributed by atoms with Crippen LogP contribution in [0, 0.1) is 0 Å². The zero-order valence-electron chi connectivity index (χ0n) is 45.9. The molecule has 1 aliphatic carbocycles. The van der Waals surface area contributed by atoms with E-state index in [-0.39, 0.29) is 57.2 Å². The number of amides is 1. The van der Waals surface area contributed by atoms with E-state index in [0.717, 1.165) is 33.4 Å². The predicted octanol–water partition coefficient (Wildman–Crippen LogP) is 11.2. The molecule has 3 heterocycles. The molecular formula is C59H69N4O16PSi. The fraction of sp³-hybridized carbons (Fsp3) is 0.424. The molecule has 10 atom stereocenters. The van der Waals surface area contributed by atoms with Gasteiger partial charge in [0.2, 0.25) is 0 Å². The summed E-state index contributed by atoms with van der Waals surface area (Å²) in [6.45, 7) is 12.3. The fourth-order valence-corrected chi connectivity index (χ4v) is 12.3. The summed E-state index contributed by atoms with van der Waals surface area (Å²) in [7, 11) is -7.34. The number of hydrogen-bond acceptors (Lipinski definition) is 17. The van der Waals surface area contributed by atoms with Crippen molar-refractivity contribution in [3.05, 3.63) is 190 Å². The lowest BCUT2D eigenvalue weighted by Crippen LogP contribution is -2.67. The number of rotatable bonds is 21. The van der Waals surface area contributed by atoms with E-state index in [1.807, 2.05) is 155 Å². The van der Waals surface area contributed by atoms with Crippen molar-refractivity contribution < 1.29 is 75.2 Å². The maximum Gasteiger partial charge on any atom is 0.509 e. The molecule has 2 fully saturated rings. The third-order valence-electron chi connectivity index (χ3n) is 15.1. The van der Waals surface area contributed by atoms with Crippen LogP contribution in [0.4, 0.5) is 9.59 Å².